The third-order valence-electron chi connectivity index (χ3n) is 1.85. The van der Waals surface area contributed by atoms with Gasteiger partial charge in [0.05, 0.1) is 13.2 Å². The van der Waals surface area contributed by atoms with Crippen LogP contribution in [0.3, 0.4) is 0 Å². The van der Waals surface area contributed by atoms with Gasteiger partial charge in [0, 0.05) is 5.33 Å². The molecule has 0 aromatic carbocycles. The fraction of sp³-hybridized carbons (Fsp3) is 0.600. The van der Waals surface area contributed by atoms with Crippen LogP contribution in [0, 0.1) is 0 Å². The molecule has 13 heavy (non-hydrogen) atoms. The fourth-order valence-electron chi connectivity index (χ4n) is 1.06. The van der Waals surface area contributed by atoms with E-state index in [1.54, 1.807) is 0 Å². The molecule has 0 spiro atoms. The quantitative estimate of drug-likeness (QED) is 0.563. The fourth-order valence-corrected chi connectivity index (χ4v) is 1.25. The van der Waals surface area contributed by atoms with E-state index in [2.05, 4.69) is 22.9 Å². The summed E-state index contributed by atoms with van der Waals surface area (Å²) in [7, 11) is 0. The molecule has 0 aromatic rings. The van der Waals surface area contributed by atoms with Gasteiger partial charge in [-0.05, 0) is 19.9 Å². The van der Waals surface area contributed by atoms with Crippen LogP contribution in [0.4, 0.5) is 0 Å². The molecule has 0 saturated carbocycles. The molecule has 1 saturated heterocycles. The van der Waals surface area contributed by atoms with Crippen LogP contribution in [-0.2, 0) is 9.47 Å². The second-order valence-electron chi connectivity index (χ2n) is 3.22. The van der Waals surface area contributed by atoms with Gasteiger partial charge in [-0.15, -0.1) is 0 Å². The summed E-state index contributed by atoms with van der Waals surface area (Å²) in [5.74, 6) is -0.511. The van der Waals surface area contributed by atoms with E-state index in [9.17, 15) is 0 Å². The third kappa shape index (κ3) is 3.63. The van der Waals surface area contributed by atoms with Crippen LogP contribution in [0.5, 0.6) is 0 Å². The minimum Gasteiger partial charge on any atom is -0.344 e. The zero-order valence-electron chi connectivity index (χ0n) is 8.05. The van der Waals surface area contributed by atoms with E-state index in [0.29, 0.717) is 13.2 Å². The monoisotopic (exact) mass is 246 g/mol. The number of hydrogen-bond acceptors (Lipinski definition) is 2. The van der Waals surface area contributed by atoms with Gasteiger partial charge in [-0.3, -0.25) is 0 Å². The number of rotatable bonds is 3. The van der Waals surface area contributed by atoms with Crippen molar-refractivity contribution in [3.63, 3.8) is 0 Å². The Morgan fingerprint density at radius 2 is 2.08 bits per heavy atom. The largest absolute Gasteiger partial charge is 0.344 e. The van der Waals surface area contributed by atoms with Gasteiger partial charge in [-0.2, -0.15) is 0 Å². The maximum Gasteiger partial charge on any atom is 0.185 e. The molecular weight excluding hydrogens is 232 g/mol. The van der Waals surface area contributed by atoms with Crippen LogP contribution < -0.4 is 0 Å². The van der Waals surface area contributed by atoms with Crippen LogP contribution in [0.25, 0.3) is 0 Å². The van der Waals surface area contributed by atoms with Gasteiger partial charge in [0.2, 0.25) is 0 Å². The molecule has 1 rings (SSSR count). The molecule has 1 heterocycles. The zero-order chi connectivity index (χ0) is 9.73. The maximum absolute atomic E-state index is 5.41. The Bertz CT molecular complexity index is 215. The van der Waals surface area contributed by atoms with Crippen molar-refractivity contribution in [1.29, 1.82) is 0 Å². The number of alkyl halides is 1. The zero-order valence-corrected chi connectivity index (χ0v) is 9.63. The average molecular weight is 247 g/mol. The number of hydrogen-bond donors (Lipinski definition) is 0. The summed E-state index contributed by atoms with van der Waals surface area (Å²) >= 11 is 3.38. The number of allylic oxidation sites excluding steroid dienone is 3. The first-order valence-corrected chi connectivity index (χ1v) is 5.47. The molecule has 0 aliphatic carbocycles. The molecule has 0 atom stereocenters. The Morgan fingerprint density at radius 3 is 2.62 bits per heavy atom. The lowest BCUT2D eigenvalue weighted by Gasteiger charge is -2.16. The van der Waals surface area contributed by atoms with E-state index in [0.717, 1.165) is 5.33 Å². The van der Waals surface area contributed by atoms with E-state index in [4.69, 9.17) is 9.47 Å². The maximum atomic E-state index is 5.41. The highest BCUT2D eigenvalue weighted by molar-refractivity contribution is 9.09. The second kappa shape index (κ2) is 4.94. The van der Waals surface area contributed by atoms with Crippen LogP contribution in [0.15, 0.2) is 23.8 Å². The second-order valence-corrected chi connectivity index (χ2v) is 3.78. The summed E-state index contributed by atoms with van der Waals surface area (Å²) in [6, 6.07) is 0. The van der Waals surface area contributed by atoms with E-state index in [1.807, 2.05) is 25.2 Å². The molecule has 0 N–H and O–H groups in total. The van der Waals surface area contributed by atoms with Crippen molar-refractivity contribution in [3.8, 4) is 0 Å². The van der Waals surface area contributed by atoms with Crippen LogP contribution in [0.1, 0.15) is 13.8 Å². The van der Waals surface area contributed by atoms with Gasteiger partial charge in [0.25, 0.3) is 0 Å². The van der Waals surface area contributed by atoms with Gasteiger partial charge in [-0.1, -0.05) is 33.7 Å². The van der Waals surface area contributed by atoms with Crippen LogP contribution >= 0.6 is 15.9 Å². The van der Waals surface area contributed by atoms with Crippen molar-refractivity contribution in [3.05, 3.63) is 23.8 Å². The van der Waals surface area contributed by atoms with Gasteiger partial charge in [0.15, 0.2) is 5.79 Å². The Kier molecular flexibility index (Phi) is 4.16. The van der Waals surface area contributed by atoms with E-state index in [1.165, 1.54) is 5.57 Å². The lowest BCUT2D eigenvalue weighted by Crippen LogP contribution is -2.21. The molecule has 2 nitrogen and oxygen atoms in total. The molecule has 1 fully saturated rings. The molecule has 1 aliphatic heterocycles. The summed E-state index contributed by atoms with van der Waals surface area (Å²) in [5, 5.41) is 0.899. The Balaban J connectivity index is 2.47. The van der Waals surface area contributed by atoms with Crippen LogP contribution in [0.2, 0.25) is 0 Å². The molecule has 0 radical (unpaired) electrons. The third-order valence-corrected chi connectivity index (χ3v) is 2.74. The molecule has 0 unspecified atom stereocenters. The number of halogens is 1. The highest BCUT2D eigenvalue weighted by Gasteiger charge is 2.26. The molecule has 74 valence electrons. The highest BCUT2D eigenvalue weighted by atomic mass is 79.9. The number of ether oxygens (including phenoxy) is 2. The summed E-state index contributed by atoms with van der Waals surface area (Å²) in [5.41, 5.74) is 1.28. The smallest absolute Gasteiger partial charge is 0.185 e. The van der Waals surface area contributed by atoms with Gasteiger partial charge >= 0.3 is 0 Å². The van der Waals surface area contributed by atoms with Crippen molar-refractivity contribution in [1.82, 2.24) is 0 Å². The van der Waals surface area contributed by atoms with Crippen molar-refractivity contribution in [2.45, 2.75) is 19.6 Å². The molecule has 1 aliphatic rings. The predicted molar refractivity (Wildman–Crippen MR) is 57.0 cm³/mol. The first kappa shape index (κ1) is 11.0. The molecular formula is C10H15BrO2. The van der Waals surface area contributed by atoms with Gasteiger partial charge in [0.1, 0.15) is 0 Å². The topological polar surface area (TPSA) is 18.5 Å². The molecule has 0 amide bonds. The SMILES string of the molecule is C/C(=C\C=C\C1(C)OCCO1)CBr. The lowest BCUT2D eigenvalue weighted by molar-refractivity contribution is -0.0996. The Labute approximate surface area is 87.7 Å². The highest BCUT2D eigenvalue weighted by Crippen LogP contribution is 2.19. The van der Waals surface area contributed by atoms with E-state index < -0.39 is 5.79 Å². The van der Waals surface area contributed by atoms with Crippen molar-refractivity contribution >= 4 is 15.9 Å². The molecule has 0 aromatic heterocycles. The summed E-state index contributed by atoms with van der Waals surface area (Å²) in [6.45, 7) is 5.36. The Morgan fingerprint density at radius 1 is 1.46 bits per heavy atom. The normalized spacial score (nSPS) is 22.8. The average Bonchev–Trinajstić information content (AvgIpc) is 2.52. The lowest BCUT2D eigenvalue weighted by atomic mass is 10.2. The molecule has 3 heteroatoms. The van der Waals surface area contributed by atoms with Crippen LogP contribution in [-0.4, -0.2) is 24.3 Å². The summed E-state index contributed by atoms with van der Waals surface area (Å²) in [6.07, 6.45) is 5.96. The van der Waals surface area contributed by atoms with Crippen molar-refractivity contribution in [2.75, 3.05) is 18.5 Å². The van der Waals surface area contributed by atoms with E-state index in [-0.39, 0.29) is 0 Å². The van der Waals surface area contributed by atoms with Gasteiger partial charge in [-0.25, -0.2) is 0 Å². The summed E-state index contributed by atoms with van der Waals surface area (Å²) in [4.78, 5) is 0. The minimum atomic E-state index is -0.511. The molecule has 0 bridgehead atoms. The predicted octanol–water partition coefficient (Wildman–Crippen LogP) is 2.65. The standard InChI is InChI=1S/C10H15BrO2/c1-9(8-11)4-3-5-10(2)12-6-7-13-10/h3-5H,6-8H2,1-2H3/b5-3+,9-4+. The minimum absolute atomic E-state index is 0.511. The van der Waals surface area contributed by atoms with Gasteiger partial charge < -0.3 is 9.47 Å². The summed E-state index contributed by atoms with van der Waals surface area (Å²) < 4.78 is 10.8. The van der Waals surface area contributed by atoms with E-state index >= 15 is 0 Å². The van der Waals surface area contributed by atoms with Crippen molar-refractivity contribution < 1.29 is 9.47 Å². The Hall–Kier alpha value is -0.120. The first-order chi connectivity index (χ1) is 6.16. The van der Waals surface area contributed by atoms with Crippen molar-refractivity contribution in [2.24, 2.45) is 0 Å². The first-order valence-electron chi connectivity index (χ1n) is 4.35.